The second-order valence-electron chi connectivity index (χ2n) is 8.28. The lowest BCUT2D eigenvalue weighted by Gasteiger charge is -2.29. The Morgan fingerprint density at radius 2 is 1.97 bits per heavy atom. The molecule has 1 saturated carbocycles. The second-order valence-corrected chi connectivity index (χ2v) is 9.34. The fourth-order valence-corrected chi connectivity index (χ4v) is 4.92. The number of hydrogen-bond donors (Lipinski definition) is 0. The van der Waals surface area contributed by atoms with Gasteiger partial charge >= 0.3 is 0 Å². The molecule has 1 unspecified atom stereocenters. The van der Waals surface area contributed by atoms with E-state index in [1.165, 1.54) is 11.1 Å². The van der Waals surface area contributed by atoms with E-state index in [9.17, 15) is 4.79 Å². The minimum atomic E-state index is 0.114. The highest BCUT2D eigenvalue weighted by molar-refractivity contribution is 7.09. The van der Waals surface area contributed by atoms with Crippen molar-refractivity contribution in [3.63, 3.8) is 0 Å². The minimum Gasteiger partial charge on any atom is -0.487 e. The normalized spacial score (nSPS) is 17.6. The van der Waals surface area contributed by atoms with E-state index in [-0.39, 0.29) is 11.9 Å². The van der Waals surface area contributed by atoms with Crippen molar-refractivity contribution < 1.29 is 9.53 Å². The molecule has 0 bridgehead atoms. The number of carbonyl (C=O) groups excluding carboxylic acids is 1. The van der Waals surface area contributed by atoms with Gasteiger partial charge in [0.05, 0.1) is 16.7 Å². The van der Waals surface area contributed by atoms with Gasteiger partial charge in [0, 0.05) is 17.5 Å². The lowest BCUT2D eigenvalue weighted by molar-refractivity contribution is -0.129. The average Bonchev–Trinajstić information content (AvgIpc) is 3.40. The van der Waals surface area contributed by atoms with Gasteiger partial charge in [-0.25, -0.2) is 4.98 Å². The SMILES string of the molecule is Cc1nc(COc2ccc(/C=C/C(=O)N(C3CC3)C3CCc4ccccc43)cc2)cs1. The van der Waals surface area contributed by atoms with Crippen LogP contribution in [-0.2, 0) is 17.8 Å². The first-order valence-corrected chi connectivity index (χ1v) is 11.8. The Hall–Kier alpha value is -2.92. The zero-order chi connectivity index (χ0) is 21.2. The van der Waals surface area contributed by atoms with Gasteiger partial charge < -0.3 is 9.64 Å². The third kappa shape index (κ3) is 4.57. The summed E-state index contributed by atoms with van der Waals surface area (Å²) >= 11 is 1.63. The van der Waals surface area contributed by atoms with Gasteiger partial charge in [0.1, 0.15) is 12.4 Å². The molecule has 3 aromatic rings. The van der Waals surface area contributed by atoms with Crippen LogP contribution in [0.4, 0.5) is 0 Å². The van der Waals surface area contributed by atoms with Gasteiger partial charge in [-0.1, -0.05) is 36.4 Å². The van der Waals surface area contributed by atoms with Crippen LogP contribution >= 0.6 is 11.3 Å². The maximum absolute atomic E-state index is 13.1. The van der Waals surface area contributed by atoms with Gasteiger partial charge in [-0.05, 0) is 67.5 Å². The van der Waals surface area contributed by atoms with Crippen LogP contribution in [0.2, 0.25) is 0 Å². The topological polar surface area (TPSA) is 42.4 Å². The van der Waals surface area contributed by atoms with Crippen molar-refractivity contribution in [2.24, 2.45) is 0 Å². The van der Waals surface area contributed by atoms with Crippen molar-refractivity contribution in [2.75, 3.05) is 0 Å². The molecule has 2 aliphatic rings. The molecule has 0 saturated heterocycles. The Labute approximate surface area is 187 Å². The summed E-state index contributed by atoms with van der Waals surface area (Å²) in [6.45, 7) is 2.46. The number of benzene rings is 2. The summed E-state index contributed by atoms with van der Waals surface area (Å²) in [5.41, 5.74) is 4.66. The number of aromatic nitrogens is 1. The molecule has 0 radical (unpaired) electrons. The predicted molar refractivity (Wildman–Crippen MR) is 124 cm³/mol. The van der Waals surface area contributed by atoms with E-state index in [0.29, 0.717) is 12.6 Å². The smallest absolute Gasteiger partial charge is 0.247 e. The molecule has 31 heavy (non-hydrogen) atoms. The Bertz CT molecular complexity index is 1100. The van der Waals surface area contributed by atoms with Gasteiger partial charge in [0.25, 0.3) is 0 Å². The third-order valence-corrected chi connectivity index (χ3v) is 6.81. The second kappa shape index (κ2) is 8.67. The first kappa shape index (κ1) is 20.0. The molecule has 2 aliphatic carbocycles. The molecule has 0 spiro atoms. The van der Waals surface area contributed by atoms with Crippen LogP contribution in [0.25, 0.3) is 6.08 Å². The molecule has 1 fully saturated rings. The summed E-state index contributed by atoms with van der Waals surface area (Å²) in [7, 11) is 0. The van der Waals surface area contributed by atoms with Gasteiger partial charge in [0.15, 0.2) is 0 Å². The average molecular weight is 431 g/mol. The van der Waals surface area contributed by atoms with Crippen LogP contribution in [0.15, 0.2) is 60.0 Å². The van der Waals surface area contributed by atoms with E-state index in [1.54, 1.807) is 17.4 Å². The predicted octanol–water partition coefficient (Wildman–Crippen LogP) is 5.72. The zero-order valence-electron chi connectivity index (χ0n) is 17.7. The first-order chi connectivity index (χ1) is 15.2. The van der Waals surface area contributed by atoms with E-state index in [2.05, 4.69) is 34.1 Å². The summed E-state index contributed by atoms with van der Waals surface area (Å²) < 4.78 is 5.81. The van der Waals surface area contributed by atoms with E-state index in [1.807, 2.05) is 42.6 Å². The molecule has 1 amide bonds. The Kier molecular flexibility index (Phi) is 5.60. The maximum Gasteiger partial charge on any atom is 0.247 e. The van der Waals surface area contributed by atoms with Crippen molar-refractivity contribution in [1.82, 2.24) is 9.88 Å². The van der Waals surface area contributed by atoms with E-state index >= 15 is 0 Å². The highest BCUT2D eigenvalue weighted by Crippen LogP contribution is 2.41. The molecule has 5 heteroatoms. The number of amides is 1. The number of nitrogens with zero attached hydrogens (tertiary/aromatic N) is 2. The Morgan fingerprint density at radius 1 is 1.16 bits per heavy atom. The number of ether oxygens (including phenoxy) is 1. The number of hydrogen-bond acceptors (Lipinski definition) is 4. The molecule has 0 aliphatic heterocycles. The van der Waals surface area contributed by atoms with Gasteiger partial charge in [-0.2, -0.15) is 0 Å². The van der Waals surface area contributed by atoms with Crippen LogP contribution < -0.4 is 4.74 Å². The highest BCUT2D eigenvalue weighted by Gasteiger charge is 2.39. The number of carbonyl (C=O) groups is 1. The Morgan fingerprint density at radius 3 is 2.71 bits per heavy atom. The van der Waals surface area contributed by atoms with E-state index in [4.69, 9.17) is 4.74 Å². The standard InChI is InChI=1S/C26H26N2O2S/c1-18-27-21(17-31-18)16-30-23-12-6-19(7-13-23)8-15-26(29)28(22-10-11-22)25-14-9-20-4-2-3-5-24(20)25/h2-8,12-13,15,17,22,25H,9-11,14,16H2,1H3/b15-8+. The summed E-state index contributed by atoms with van der Waals surface area (Å²) in [6, 6.07) is 17.0. The first-order valence-electron chi connectivity index (χ1n) is 10.9. The van der Waals surface area contributed by atoms with Crippen LogP contribution in [0, 0.1) is 6.92 Å². The third-order valence-electron chi connectivity index (χ3n) is 5.98. The monoisotopic (exact) mass is 430 g/mol. The molecule has 2 aromatic carbocycles. The molecule has 158 valence electrons. The van der Waals surface area contributed by atoms with E-state index < -0.39 is 0 Å². The fourth-order valence-electron chi connectivity index (χ4n) is 4.32. The van der Waals surface area contributed by atoms with Crippen molar-refractivity contribution in [3.05, 3.63) is 87.4 Å². The molecular formula is C26H26N2O2S. The van der Waals surface area contributed by atoms with Crippen LogP contribution in [0.5, 0.6) is 5.75 Å². The van der Waals surface area contributed by atoms with Crippen LogP contribution in [0.3, 0.4) is 0 Å². The van der Waals surface area contributed by atoms with Gasteiger partial charge in [-0.15, -0.1) is 11.3 Å². The number of aryl methyl sites for hydroxylation is 2. The quantitative estimate of drug-likeness (QED) is 0.450. The minimum absolute atomic E-state index is 0.114. The van der Waals surface area contributed by atoms with Crippen LogP contribution in [-0.4, -0.2) is 21.8 Å². The number of rotatable bonds is 7. The molecule has 1 heterocycles. The zero-order valence-corrected chi connectivity index (χ0v) is 18.5. The molecule has 4 nitrogen and oxygen atoms in total. The number of fused-ring (bicyclic) bond motifs is 1. The Balaban J connectivity index is 1.23. The number of thiazole rings is 1. The summed E-state index contributed by atoms with van der Waals surface area (Å²) in [5.74, 6) is 0.916. The van der Waals surface area contributed by atoms with Gasteiger partial charge in [0.2, 0.25) is 5.91 Å². The lowest BCUT2D eigenvalue weighted by Crippen LogP contribution is -2.34. The molecular weight excluding hydrogens is 404 g/mol. The van der Waals surface area contributed by atoms with Crippen molar-refractivity contribution >= 4 is 23.3 Å². The van der Waals surface area contributed by atoms with Crippen molar-refractivity contribution in [2.45, 2.75) is 51.3 Å². The highest BCUT2D eigenvalue weighted by atomic mass is 32.1. The molecule has 1 atom stereocenters. The lowest BCUT2D eigenvalue weighted by atomic mass is 10.1. The summed E-state index contributed by atoms with van der Waals surface area (Å²) in [5, 5.41) is 3.07. The molecule has 0 N–H and O–H groups in total. The maximum atomic E-state index is 13.1. The summed E-state index contributed by atoms with van der Waals surface area (Å²) in [6.07, 6.45) is 7.95. The molecule has 1 aromatic heterocycles. The fraction of sp³-hybridized carbons (Fsp3) is 0.308. The summed E-state index contributed by atoms with van der Waals surface area (Å²) in [4.78, 5) is 19.7. The molecule has 5 rings (SSSR count). The van der Waals surface area contributed by atoms with Gasteiger partial charge in [-0.3, -0.25) is 4.79 Å². The van der Waals surface area contributed by atoms with Crippen molar-refractivity contribution in [3.8, 4) is 5.75 Å². The largest absolute Gasteiger partial charge is 0.487 e. The van der Waals surface area contributed by atoms with Crippen LogP contribution in [0.1, 0.15) is 52.7 Å². The van der Waals surface area contributed by atoms with E-state index in [0.717, 1.165) is 47.7 Å². The van der Waals surface area contributed by atoms with Crippen molar-refractivity contribution in [1.29, 1.82) is 0 Å².